The molecule has 1 fully saturated rings. The zero-order chi connectivity index (χ0) is 24.6. The molecule has 5 rings (SSSR count). The Morgan fingerprint density at radius 2 is 2.00 bits per heavy atom. The molecular weight excluding hydrogens is 440 g/mol. The third-order valence-corrected chi connectivity index (χ3v) is 6.38. The average Bonchev–Trinajstić information content (AvgIpc) is 3.45. The summed E-state index contributed by atoms with van der Waals surface area (Å²) in [4.78, 5) is 27.2. The summed E-state index contributed by atoms with van der Waals surface area (Å²) >= 11 is 0. The first kappa shape index (κ1) is 22.9. The standard InChI is InChI=1S/C26H32N8O/c1-17-13-22(34(32-17)26(2,3)4)31-25(35)30-20-9-5-7-18(14-20)19-8-6-12-33(15-19)24-21-10-11-27-23(21)28-16-29-24/h5,7,9-11,13-14,16,19H,6,8,12,15H2,1-4H3,(H,27,28,29)(H2,30,31,35). The van der Waals surface area contributed by atoms with Gasteiger partial charge < -0.3 is 15.2 Å². The third kappa shape index (κ3) is 4.84. The Morgan fingerprint density at radius 3 is 2.83 bits per heavy atom. The van der Waals surface area contributed by atoms with Gasteiger partial charge in [-0.3, -0.25) is 5.32 Å². The molecule has 2 amide bonds. The van der Waals surface area contributed by atoms with Gasteiger partial charge in [0.2, 0.25) is 0 Å². The summed E-state index contributed by atoms with van der Waals surface area (Å²) in [7, 11) is 0. The van der Waals surface area contributed by atoms with Gasteiger partial charge in [-0.15, -0.1) is 0 Å². The van der Waals surface area contributed by atoms with Gasteiger partial charge in [-0.1, -0.05) is 12.1 Å². The van der Waals surface area contributed by atoms with Gasteiger partial charge in [0, 0.05) is 37.0 Å². The molecule has 0 spiro atoms. The highest BCUT2D eigenvalue weighted by Gasteiger charge is 2.24. The van der Waals surface area contributed by atoms with E-state index in [1.807, 2.05) is 42.1 Å². The van der Waals surface area contributed by atoms with Gasteiger partial charge in [-0.25, -0.2) is 19.4 Å². The molecule has 0 saturated carbocycles. The number of nitrogens with zero attached hydrogens (tertiary/aromatic N) is 5. The second-order valence-corrected chi connectivity index (χ2v) is 10.2. The summed E-state index contributed by atoms with van der Waals surface area (Å²) in [5.41, 5.74) is 3.46. The lowest BCUT2D eigenvalue weighted by Crippen LogP contribution is -2.35. The van der Waals surface area contributed by atoms with Crippen molar-refractivity contribution in [3.05, 3.63) is 60.2 Å². The normalized spacial score (nSPS) is 16.5. The van der Waals surface area contributed by atoms with Crippen molar-refractivity contribution in [2.24, 2.45) is 0 Å². The van der Waals surface area contributed by atoms with E-state index in [2.05, 4.69) is 68.5 Å². The van der Waals surface area contributed by atoms with E-state index in [1.54, 1.807) is 6.33 Å². The molecule has 4 aromatic rings. The first-order valence-corrected chi connectivity index (χ1v) is 12.1. The molecule has 9 heteroatoms. The number of fused-ring (bicyclic) bond motifs is 1. The van der Waals surface area contributed by atoms with Crippen LogP contribution in [0.4, 0.5) is 22.1 Å². The molecule has 0 radical (unpaired) electrons. The maximum Gasteiger partial charge on any atom is 0.324 e. The summed E-state index contributed by atoms with van der Waals surface area (Å²) in [5.74, 6) is 2.00. The van der Waals surface area contributed by atoms with Crippen LogP contribution in [0.1, 0.15) is 50.8 Å². The number of aromatic nitrogens is 5. The lowest BCUT2D eigenvalue weighted by Gasteiger charge is -2.34. The molecule has 0 aliphatic carbocycles. The smallest absolute Gasteiger partial charge is 0.324 e. The van der Waals surface area contributed by atoms with Crippen LogP contribution < -0.4 is 15.5 Å². The molecular formula is C26H32N8O. The molecule has 35 heavy (non-hydrogen) atoms. The molecule has 4 heterocycles. The predicted octanol–water partition coefficient (Wildman–Crippen LogP) is 5.25. The number of hydrogen-bond acceptors (Lipinski definition) is 5. The number of amides is 2. The van der Waals surface area contributed by atoms with Crippen molar-refractivity contribution in [3.8, 4) is 0 Å². The number of carbonyl (C=O) groups excluding carboxylic acids is 1. The minimum Gasteiger partial charge on any atom is -0.355 e. The highest BCUT2D eigenvalue weighted by Crippen LogP contribution is 2.32. The number of H-pyrrole nitrogens is 1. The van der Waals surface area contributed by atoms with E-state index in [-0.39, 0.29) is 11.6 Å². The van der Waals surface area contributed by atoms with Gasteiger partial charge in [0.05, 0.1) is 16.6 Å². The summed E-state index contributed by atoms with van der Waals surface area (Å²) in [6, 6.07) is 11.8. The molecule has 9 nitrogen and oxygen atoms in total. The fourth-order valence-electron chi connectivity index (χ4n) is 4.80. The Bertz CT molecular complexity index is 1350. The van der Waals surface area contributed by atoms with E-state index >= 15 is 0 Å². The van der Waals surface area contributed by atoms with Crippen LogP contribution in [0.3, 0.4) is 0 Å². The Labute approximate surface area is 205 Å². The summed E-state index contributed by atoms with van der Waals surface area (Å²) in [6.45, 7) is 9.93. The number of aryl methyl sites for hydroxylation is 1. The topological polar surface area (TPSA) is 104 Å². The van der Waals surface area contributed by atoms with Crippen LogP contribution >= 0.6 is 0 Å². The molecule has 1 saturated heterocycles. The molecule has 1 aliphatic heterocycles. The number of anilines is 3. The van der Waals surface area contributed by atoms with Gasteiger partial charge in [0.1, 0.15) is 23.6 Å². The number of nitrogens with one attached hydrogen (secondary N) is 3. The van der Waals surface area contributed by atoms with Crippen LogP contribution in [-0.2, 0) is 5.54 Å². The quantitative estimate of drug-likeness (QED) is 0.377. The summed E-state index contributed by atoms with van der Waals surface area (Å²) in [6.07, 6.45) is 5.70. The lowest BCUT2D eigenvalue weighted by molar-refractivity contribution is 0.261. The number of hydrogen-bond donors (Lipinski definition) is 3. The maximum atomic E-state index is 12.8. The molecule has 3 aromatic heterocycles. The van der Waals surface area contributed by atoms with Crippen molar-refractivity contribution in [1.29, 1.82) is 0 Å². The van der Waals surface area contributed by atoms with Crippen molar-refractivity contribution < 1.29 is 4.79 Å². The van der Waals surface area contributed by atoms with E-state index < -0.39 is 0 Å². The molecule has 0 bridgehead atoms. The fraction of sp³-hybridized carbons (Fsp3) is 0.385. The number of piperidine rings is 1. The average molecular weight is 473 g/mol. The second kappa shape index (κ2) is 9.05. The highest BCUT2D eigenvalue weighted by molar-refractivity contribution is 5.99. The van der Waals surface area contributed by atoms with E-state index in [9.17, 15) is 4.79 Å². The zero-order valence-electron chi connectivity index (χ0n) is 20.7. The van der Waals surface area contributed by atoms with Gasteiger partial charge in [-0.2, -0.15) is 5.10 Å². The molecule has 1 unspecified atom stereocenters. The molecule has 1 atom stereocenters. The van der Waals surface area contributed by atoms with Crippen LogP contribution in [0.15, 0.2) is 48.9 Å². The van der Waals surface area contributed by atoms with Crippen molar-refractivity contribution in [2.75, 3.05) is 28.6 Å². The van der Waals surface area contributed by atoms with Crippen LogP contribution in [0.5, 0.6) is 0 Å². The number of benzene rings is 1. The number of carbonyl (C=O) groups is 1. The van der Waals surface area contributed by atoms with Crippen molar-refractivity contribution in [2.45, 2.75) is 52.0 Å². The van der Waals surface area contributed by atoms with Crippen LogP contribution in [0.2, 0.25) is 0 Å². The minimum absolute atomic E-state index is 0.237. The SMILES string of the molecule is Cc1cc(NC(=O)Nc2cccc(C3CCCN(c4ncnc5[nH]ccc45)C3)c2)n(C(C)(C)C)n1. The number of rotatable bonds is 4. The molecule has 182 valence electrons. The van der Waals surface area contributed by atoms with Gasteiger partial charge in [0.25, 0.3) is 0 Å². The largest absolute Gasteiger partial charge is 0.355 e. The van der Waals surface area contributed by atoms with Gasteiger partial charge in [-0.05, 0) is 64.3 Å². The number of urea groups is 1. The Kier molecular flexibility index (Phi) is 5.92. The minimum atomic E-state index is -0.284. The summed E-state index contributed by atoms with van der Waals surface area (Å²) in [5, 5.41) is 11.5. The van der Waals surface area contributed by atoms with Gasteiger partial charge in [0.15, 0.2) is 0 Å². The fourth-order valence-corrected chi connectivity index (χ4v) is 4.80. The number of aromatic amines is 1. The second-order valence-electron chi connectivity index (χ2n) is 10.2. The molecule has 1 aromatic carbocycles. The maximum absolute atomic E-state index is 12.8. The first-order valence-electron chi connectivity index (χ1n) is 12.1. The molecule has 3 N–H and O–H groups in total. The molecule has 1 aliphatic rings. The third-order valence-electron chi connectivity index (χ3n) is 6.38. The van der Waals surface area contributed by atoms with Crippen LogP contribution in [-0.4, -0.2) is 43.9 Å². The van der Waals surface area contributed by atoms with Crippen molar-refractivity contribution in [3.63, 3.8) is 0 Å². The van der Waals surface area contributed by atoms with Crippen molar-refractivity contribution in [1.82, 2.24) is 24.7 Å². The van der Waals surface area contributed by atoms with E-state index in [4.69, 9.17) is 0 Å². The Hall–Kier alpha value is -3.88. The monoisotopic (exact) mass is 472 g/mol. The summed E-state index contributed by atoms with van der Waals surface area (Å²) < 4.78 is 1.84. The van der Waals surface area contributed by atoms with Crippen LogP contribution in [0.25, 0.3) is 11.0 Å². The highest BCUT2D eigenvalue weighted by atomic mass is 16.2. The Morgan fingerprint density at radius 1 is 1.14 bits per heavy atom. The van der Waals surface area contributed by atoms with E-state index in [0.717, 1.165) is 54.2 Å². The van der Waals surface area contributed by atoms with E-state index in [0.29, 0.717) is 11.7 Å². The zero-order valence-corrected chi connectivity index (χ0v) is 20.7. The Balaban J connectivity index is 1.29. The first-order chi connectivity index (χ1) is 16.8. The van der Waals surface area contributed by atoms with Crippen LogP contribution in [0, 0.1) is 6.92 Å². The predicted molar refractivity (Wildman–Crippen MR) is 139 cm³/mol. The lowest BCUT2D eigenvalue weighted by atomic mass is 9.90. The van der Waals surface area contributed by atoms with E-state index in [1.165, 1.54) is 5.56 Å². The van der Waals surface area contributed by atoms with Crippen molar-refractivity contribution >= 4 is 34.4 Å². The van der Waals surface area contributed by atoms with Gasteiger partial charge >= 0.3 is 6.03 Å².